The second kappa shape index (κ2) is 4.09. The van der Waals surface area contributed by atoms with Crippen molar-refractivity contribution in [2.75, 3.05) is 0 Å². The van der Waals surface area contributed by atoms with Gasteiger partial charge in [0.2, 0.25) is 0 Å². The molecule has 0 aromatic heterocycles. The van der Waals surface area contributed by atoms with E-state index in [-0.39, 0.29) is 5.91 Å². The Bertz CT molecular complexity index is 522. The zero-order valence-electron chi connectivity index (χ0n) is 10.0. The zero-order chi connectivity index (χ0) is 12.8. The van der Waals surface area contributed by atoms with Gasteiger partial charge in [0.1, 0.15) is 5.54 Å². The van der Waals surface area contributed by atoms with E-state index in [2.05, 4.69) is 31.6 Å². The first kappa shape index (κ1) is 11.7. The molecule has 1 saturated heterocycles. The molecule has 2 N–H and O–H groups in total. The Morgan fingerprint density at radius 1 is 1.33 bits per heavy atom. The van der Waals surface area contributed by atoms with Crippen LogP contribution in [-0.2, 0) is 10.3 Å². The van der Waals surface area contributed by atoms with Crippen molar-refractivity contribution in [3.63, 3.8) is 0 Å². The number of carbonyl (C=O) groups excluding carboxylic acids is 1. The molecule has 1 aromatic carbocycles. The number of amides is 1. The van der Waals surface area contributed by atoms with Gasteiger partial charge in [0, 0.05) is 4.47 Å². The first-order valence-electron chi connectivity index (χ1n) is 6.01. The highest BCUT2D eigenvalue weighted by Gasteiger charge is 2.42. The van der Waals surface area contributed by atoms with Crippen LogP contribution in [0.5, 0.6) is 0 Å². The van der Waals surface area contributed by atoms with Crippen molar-refractivity contribution in [1.29, 1.82) is 0 Å². The predicted molar refractivity (Wildman–Crippen MR) is 73.2 cm³/mol. The normalized spacial score (nSPS) is 29.2. The second-order valence-electron chi connectivity index (χ2n) is 4.92. The number of halogens is 1. The van der Waals surface area contributed by atoms with E-state index in [1.54, 1.807) is 0 Å². The lowest BCUT2D eigenvalue weighted by molar-refractivity contribution is -0.123. The summed E-state index contributed by atoms with van der Waals surface area (Å²) in [6, 6.07) is 8.14. The molecule has 1 amide bonds. The van der Waals surface area contributed by atoms with Gasteiger partial charge in [0.05, 0.1) is 6.04 Å². The van der Waals surface area contributed by atoms with Gasteiger partial charge < -0.3 is 5.32 Å². The molecular formula is C13H14BrN3O. The maximum absolute atomic E-state index is 12.1. The lowest BCUT2D eigenvalue weighted by Crippen LogP contribution is -2.40. The number of nitrogens with zero attached hydrogens (tertiary/aromatic N) is 1. The number of guanidine groups is 1. The molecule has 18 heavy (non-hydrogen) atoms. The van der Waals surface area contributed by atoms with Gasteiger partial charge in [0.25, 0.3) is 5.91 Å². The summed E-state index contributed by atoms with van der Waals surface area (Å²) in [4.78, 5) is 16.6. The van der Waals surface area contributed by atoms with Crippen LogP contribution in [0.15, 0.2) is 33.7 Å². The van der Waals surface area contributed by atoms with Crippen LogP contribution in [0.2, 0.25) is 0 Å². The Labute approximate surface area is 114 Å². The number of hydrogen-bond acceptors (Lipinski definition) is 2. The third-order valence-corrected chi connectivity index (χ3v) is 3.86. The van der Waals surface area contributed by atoms with Crippen LogP contribution < -0.4 is 10.6 Å². The summed E-state index contributed by atoms with van der Waals surface area (Å²) < 4.78 is 1.00. The monoisotopic (exact) mass is 307 g/mol. The number of aliphatic imine (C=N–C) groups is 1. The predicted octanol–water partition coefficient (Wildman–Crippen LogP) is 1.90. The maximum atomic E-state index is 12.1. The van der Waals surface area contributed by atoms with Gasteiger partial charge in [-0.25, -0.2) is 4.99 Å². The Morgan fingerprint density at radius 3 is 2.61 bits per heavy atom. The molecule has 0 bridgehead atoms. The molecule has 1 aliphatic heterocycles. The quantitative estimate of drug-likeness (QED) is 0.877. The van der Waals surface area contributed by atoms with Crippen molar-refractivity contribution in [1.82, 2.24) is 10.6 Å². The molecule has 4 nitrogen and oxygen atoms in total. The van der Waals surface area contributed by atoms with Crippen molar-refractivity contribution in [3.8, 4) is 0 Å². The summed E-state index contributed by atoms with van der Waals surface area (Å²) in [5, 5.41) is 6.02. The molecular weight excluding hydrogens is 294 g/mol. The largest absolute Gasteiger partial charge is 0.338 e. The standard InChI is InChI=1S/C13H14BrN3O/c1-13(8-2-4-9(14)5-3-8)11(18)16-12(17-13)15-10-6-7-10/h2-5,10H,6-7H2,1H3,(H2,15,16,17,18). The van der Waals surface area contributed by atoms with E-state index in [1.165, 1.54) is 0 Å². The topological polar surface area (TPSA) is 53.5 Å². The lowest BCUT2D eigenvalue weighted by Gasteiger charge is -2.21. The summed E-state index contributed by atoms with van der Waals surface area (Å²) in [5.74, 6) is 0.553. The average molecular weight is 308 g/mol. The van der Waals surface area contributed by atoms with E-state index in [0.29, 0.717) is 12.0 Å². The van der Waals surface area contributed by atoms with E-state index in [1.807, 2.05) is 31.2 Å². The Balaban J connectivity index is 1.89. The van der Waals surface area contributed by atoms with Crippen LogP contribution in [0.3, 0.4) is 0 Å². The second-order valence-corrected chi connectivity index (χ2v) is 5.84. The molecule has 2 fully saturated rings. The molecule has 1 aliphatic carbocycles. The van der Waals surface area contributed by atoms with Crippen LogP contribution in [0.4, 0.5) is 0 Å². The van der Waals surface area contributed by atoms with Gasteiger partial charge in [-0.15, -0.1) is 0 Å². The summed E-state index contributed by atoms with van der Waals surface area (Å²) >= 11 is 3.39. The van der Waals surface area contributed by atoms with Crippen LogP contribution in [0.1, 0.15) is 25.3 Å². The third kappa shape index (κ3) is 2.03. The Hall–Kier alpha value is -1.36. The molecule has 94 valence electrons. The van der Waals surface area contributed by atoms with Gasteiger partial charge in [-0.3, -0.25) is 10.1 Å². The van der Waals surface area contributed by atoms with Crippen LogP contribution in [0, 0.1) is 0 Å². The molecule has 2 aliphatic rings. The minimum absolute atomic E-state index is 0.0516. The number of benzene rings is 1. The molecule has 5 heteroatoms. The van der Waals surface area contributed by atoms with Gasteiger partial charge in [-0.1, -0.05) is 28.1 Å². The molecule has 0 radical (unpaired) electrons. The smallest absolute Gasteiger partial charge is 0.256 e. The van der Waals surface area contributed by atoms with Crippen molar-refractivity contribution in [2.45, 2.75) is 31.3 Å². The van der Waals surface area contributed by atoms with E-state index in [9.17, 15) is 4.79 Å². The fourth-order valence-corrected chi connectivity index (χ4v) is 2.26. The molecule has 1 heterocycles. The number of carbonyl (C=O) groups is 1. The van der Waals surface area contributed by atoms with Gasteiger partial charge >= 0.3 is 0 Å². The molecule has 0 spiro atoms. The SMILES string of the molecule is CC1(c2ccc(Br)cc2)NC(=NC2CC2)NC1=O. The van der Waals surface area contributed by atoms with Gasteiger partial charge in [-0.2, -0.15) is 0 Å². The highest BCUT2D eigenvalue weighted by molar-refractivity contribution is 9.10. The summed E-state index contributed by atoms with van der Waals surface area (Å²) in [6.45, 7) is 1.88. The first-order chi connectivity index (χ1) is 8.58. The van der Waals surface area contributed by atoms with E-state index in [0.717, 1.165) is 22.9 Å². The maximum Gasteiger partial charge on any atom is 0.256 e. The van der Waals surface area contributed by atoms with Gasteiger partial charge in [0.15, 0.2) is 5.96 Å². The number of nitrogens with one attached hydrogen (secondary N) is 2. The summed E-state index contributed by atoms with van der Waals surface area (Å²) in [7, 11) is 0. The minimum Gasteiger partial charge on any atom is -0.338 e. The summed E-state index contributed by atoms with van der Waals surface area (Å²) in [6.07, 6.45) is 2.24. The summed E-state index contributed by atoms with van der Waals surface area (Å²) in [5.41, 5.74) is 0.207. The molecule has 3 rings (SSSR count). The fraction of sp³-hybridized carbons (Fsp3) is 0.385. The van der Waals surface area contributed by atoms with Crippen molar-refractivity contribution >= 4 is 27.8 Å². The van der Waals surface area contributed by atoms with Crippen LogP contribution in [0.25, 0.3) is 0 Å². The zero-order valence-corrected chi connectivity index (χ0v) is 11.6. The lowest BCUT2D eigenvalue weighted by atomic mass is 9.92. The van der Waals surface area contributed by atoms with E-state index >= 15 is 0 Å². The average Bonchev–Trinajstić information content (AvgIpc) is 3.08. The third-order valence-electron chi connectivity index (χ3n) is 3.33. The molecule has 1 aromatic rings. The number of rotatable bonds is 2. The molecule has 1 unspecified atom stereocenters. The van der Waals surface area contributed by atoms with E-state index in [4.69, 9.17) is 0 Å². The van der Waals surface area contributed by atoms with Gasteiger partial charge in [-0.05, 0) is 37.5 Å². The Morgan fingerprint density at radius 2 is 2.00 bits per heavy atom. The van der Waals surface area contributed by atoms with Crippen molar-refractivity contribution in [2.24, 2.45) is 4.99 Å². The van der Waals surface area contributed by atoms with Crippen LogP contribution in [-0.4, -0.2) is 17.9 Å². The molecule has 1 atom stereocenters. The molecule has 1 saturated carbocycles. The highest BCUT2D eigenvalue weighted by Crippen LogP contribution is 2.28. The highest BCUT2D eigenvalue weighted by atomic mass is 79.9. The van der Waals surface area contributed by atoms with Crippen molar-refractivity contribution < 1.29 is 4.79 Å². The Kier molecular flexibility index (Phi) is 2.66. The van der Waals surface area contributed by atoms with Crippen molar-refractivity contribution in [3.05, 3.63) is 34.3 Å². The number of hydrogen-bond donors (Lipinski definition) is 2. The van der Waals surface area contributed by atoms with Crippen LogP contribution >= 0.6 is 15.9 Å². The fourth-order valence-electron chi connectivity index (χ4n) is 1.99. The first-order valence-corrected chi connectivity index (χ1v) is 6.81. The van der Waals surface area contributed by atoms with E-state index < -0.39 is 5.54 Å². The minimum atomic E-state index is -0.728.